The number of hydrogen-bond acceptors (Lipinski definition) is 13. The predicted molar refractivity (Wildman–Crippen MR) is 161 cm³/mol. The number of ether oxygens (including phenoxy) is 1. The van der Waals surface area contributed by atoms with Crippen LogP contribution >= 0.6 is 34.9 Å². The first-order valence-electron chi connectivity index (χ1n) is 13.2. The van der Waals surface area contributed by atoms with Crippen molar-refractivity contribution >= 4 is 75.1 Å². The van der Waals surface area contributed by atoms with Crippen LogP contribution in [0.25, 0.3) is 5.65 Å². The first-order chi connectivity index (χ1) is 20.9. The maximum absolute atomic E-state index is 13.2. The zero-order valence-corrected chi connectivity index (χ0v) is 26.6. The van der Waals surface area contributed by atoms with Crippen LogP contribution in [0, 0.1) is 0 Å². The second-order valence-electron chi connectivity index (χ2n) is 10.7. The maximum Gasteiger partial charge on any atom is 0.349 e. The molecule has 0 saturated carbocycles. The highest BCUT2D eigenvalue weighted by Crippen LogP contribution is 2.41. The molecule has 0 radical (unpaired) electrons. The third-order valence-corrected chi connectivity index (χ3v) is 9.60. The number of aromatic nitrogens is 3. The number of thiazole rings is 1. The first-order valence-corrected chi connectivity index (χ1v) is 16.1. The molecule has 5 heterocycles. The SMILES string of the molecule is CO/N=C(\C(=O)N[C@@H]1C(=O)N2C(C(=O)[O-])=C(CSc3cccc4n3cc[n+]4CC(=O)OC(C)(C)C)CS[C@H]12)c1csc(N)n1. The number of anilines is 1. The number of carboxylic acids is 1. The van der Waals surface area contributed by atoms with Crippen molar-refractivity contribution in [3.63, 3.8) is 0 Å². The van der Waals surface area contributed by atoms with E-state index in [9.17, 15) is 24.3 Å². The van der Waals surface area contributed by atoms with E-state index in [1.54, 1.807) is 10.8 Å². The zero-order valence-electron chi connectivity index (χ0n) is 24.1. The molecule has 3 aromatic rings. The molecule has 5 rings (SSSR count). The Hall–Kier alpha value is -4.09. The van der Waals surface area contributed by atoms with Crippen molar-refractivity contribution in [3.8, 4) is 0 Å². The molecule has 0 bridgehead atoms. The lowest BCUT2D eigenvalue weighted by atomic mass is 10.0. The number of carboxylic acid groups (broad SMARTS) is 1. The molecule has 2 amide bonds. The topological polar surface area (TPSA) is 185 Å². The number of nitrogen functional groups attached to an aromatic ring is 1. The average molecular weight is 660 g/mol. The smallest absolute Gasteiger partial charge is 0.349 e. The number of carbonyl (C=O) groups is 4. The van der Waals surface area contributed by atoms with Crippen molar-refractivity contribution in [2.24, 2.45) is 5.16 Å². The standard InChI is InChI=1S/C27H29N7O7S3/c1-27(2,3)41-18(35)10-32-8-9-33-16(32)6-5-7-17(33)42-11-14-12-43-24-20(23(37)34(24)21(14)25(38)39)30-22(36)19(31-40-4)15-13-44-26(28)29-15/h5-9,13,20,24H,10-12H2,1-4H3,(H3-,28,29,30,36,38,39)/b31-19-/t20-,24-/m1/s1. The van der Waals surface area contributed by atoms with Crippen LogP contribution in [-0.2, 0) is 35.3 Å². The van der Waals surface area contributed by atoms with Crippen LogP contribution in [-0.4, -0.2) is 79.4 Å². The van der Waals surface area contributed by atoms with Crippen LogP contribution in [0.15, 0.2) is 57.4 Å². The van der Waals surface area contributed by atoms with E-state index in [1.807, 2.05) is 49.6 Å². The number of imidazole rings is 1. The van der Waals surface area contributed by atoms with Crippen LogP contribution in [0.5, 0.6) is 0 Å². The van der Waals surface area contributed by atoms with E-state index in [0.29, 0.717) is 11.3 Å². The average Bonchev–Trinajstić information content (AvgIpc) is 3.57. The molecular formula is C27H29N7O7S3. The number of amides is 2. The Kier molecular flexibility index (Phi) is 8.90. The molecule has 2 aliphatic heterocycles. The largest absolute Gasteiger partial charge is 0.543 e. The summed E-state index contributed by atoms with van der Waals surface area (Å²) in [6.45, 7) is 5.46. The van der Waals surface area contributed by atoms with E-state index in [1.165, 1.54) is 36.0 Å². The quantitative estimate of drug-likeness (QED) is 0.0754. The fraction of sp³-hybridized carbons (Fsp3) is 0.370. The molecule has 3 N–H and O–H groups in total. The lowest BCUT2D eigenvalue weighted by Gasteiger charge is -2.50. The summed E-state index contributed by atoms with van der Waals surface area (Å²) in [4.78, 5) is 60.8. The molecular weight excluding hydrogens is 631 g/mol. The number of thioether (sulfide) groups is 2. The molecule has 0 spiro atoms. The van der Waals surface area contributed by atoms with Gasteiger partial charge in [0.1, 0.15) is 42.2 Å². The minimum atomic E-state index is -1.47. The number of oxime groups is 1. The van der Waals surface area contributed by atoms with Gasteiger partial charge >= 0.3 is 5.97 Å². The molecule has 0 aromatic carbocycles. The summed E-state index contributed by atoms with van der Waals surface area (Å²) < 4.78 is 9.10. The van der Waals surface area contributed by atoms with Gasteiger partial charge in [-0.3, -0.25) is 14.5 Å². The second kappa shape index (κ2) is 12.5. The van der Waals surface area contributed by atoms with Crippen molar-refractivity contribution in [1.29, 1.82) is 0 Å². The number of carbonyl (C=O) groups excluding carboxylic acids is 4. The molecule has 2 aliphatic rings. The Labute approximate surface area is 264 Å². The fourth-order valence-corrected chi connectivity index (χ4v) is 7.76. The fourth-order valence-electron chi connectivity index (χ4n) is 4.71. The van der Waals surface area contributed by atoms with Gasteiger partial charge in [-0.2, -0.15) is 4.40 Å². The van der Waals surface area contributed by atoms with E-state index < -0.39 is 34.8 Å². The van der Waals surface area contributed by atoms with Crippen LogP contribution in [0.2, 0.25) is 0 Å². The number of nitrogens with zero attached hydrogens (tertiary/aromatic N) is 5. The third-order valence-electron chi connectivity index (χ3n) is 6.46. The number of β-lactam (4-membered cyclic amide) rings is 1. The van der Waals surface area contributed by atoms with Crippen molar-refractivity contribution in [2.45, 2.75) is 49.4 Å². The normalized spacial score (nSPS) is 18.6. The highest BCUT2D eigenvalue weighted by molar-refractivity contribution is 8.01. The summed E-state index contributed by atoms with van der Waals surface area (Å²) in [5.41, 5.74) is 6.17. The number of nitrogens with one attached hydrogen (secondary N) is 1. The van der Waals surface area contributed by atoms with Gasteiger partial charge in [0.25, 0.3) is 17.5 Å². The Morgan fingerprint density at radius 2 is 2.09 bits per heavy atom. The van der Waals surface area contributed by atoms with E-state index in [4.69, 9.17) is 15.3 Å². The molecule has 2 atom stereocenters. The van der Waals surface area contributed by atoms with Crippen LogP contribution < -0.4 is 20.7 Å². The van der Waals surface area contributed by atoms with Gasteiger partial charge < -0.3 is 30.5 Å². The summed E-state index contributed by atoms with van der Waals surface area (Å²) in [5.74, 6) is -2.56. The maximum atomic E-state index is 13.2. The molecule has 14 nitrogen and oxygen atoms in total. The van der Waals surface area contributed by atoms with Gasteiger partial charge in [0.05, 0.1) is 11.7 Å². The monoisotopic (exact) mass is 659 g/mol. The number of esters is 1. The number of rotatable bonds is 10. The number of pyridine rings is 1. The lowest BCUT2D eigenvalue weighted by Crippen LogP contribution is -2.71. The summed E-state index contributed by atoms with van der Waals surface area (Å²) in [6.07, 6.45) is 3.59. The van der Waals surface area contributed by atoms with Crippen LogP contribution in [0.3, 0.4) is 0 Å². The molecule has 1 fully saturated rings. The van der Waals surface area contributed by atoms with Gasteiger partial charge in [-0.1, -0.05) is 16.9 Å². The van der Waals surface area contributed by atoms with Crippen molar-refractivity contribution in [2.75, 3.05) is 24.3 Å². The van der Waals surface area contributed by atoms with Crippen molar-refractivity contribution in [3.05, 3.63) is 52.9 Å². The van der Waals surface area contributed by atoms with Gasteiger partial charge in [-0.05, 0) is 38.5 Å². The molecule has 0 aliphatic carbocycles. The highest BCUT2D eigenvalue weighted by Gasteiger charge is 2.53. The summed E-state index contributed by atoms with van der Waals surface area (Å²) in [6, 6.07) is 4.60. The van der Waals surface area contributed by atoms with Gasteiger partial charge in [0.2, 0.25) is 0 Å². The van der Waals surface area contributed by atoms with Gasteiger partial charge in [0.15, 0.2) is 22.4 Å². The number of fused-ring (bicyclic) bond motifs is 2. The molecule has 232 valence electrons. The van der Waals surface area contributed by atoms with E-state index in [2.05, 4.69) is 15.5 Å². The lowest BCUT2D eigenvalue weighted by molar-refractivity contribution is -0.660. The number of nitrogens with two attached hydrogens (primary N) is 1. The van der Waals surface area contributed by atoms with E-state index in [0.717, 1.165) is 26.9 Å². The van der Waals surface area contributed by atoms with Crippen LogP contribution in [0.1, 0.15) is 26.5 Å². The second-order valence-corrected chi connectivity index (χ2v) is 13.7. The number of aliphatic carboxylic acids is 1. The Morgan fingerprint density at radius 3 is 2.75 bits per heavy atom. The molecule has 44 heavy (non-hydrogen) atoms. The Bertz CT molecular complexity index is 1710. The molecule has 0 unspecified atom stereocenters. The third kappa shape index (κ3) is 6.39. The Morgan fingerprint density at radius 1 is 1.32 bits per heavy atom. The molecule has 3 aromatic heterocycles. The van der Waals surface area contributed by atoms with Crippen molar-refractivity contribution in [1.82, 2.24) is 19.6 Å². The van der Waals surface area contributed by atoms with Gasteiger partial charge in [-0.25, -0.2) is 14.3 Å². The highest BCUT2D eigenvalue weighted by atomic mass is 32.2. The zero-order chi connectivity index (χ0) is 31.8. The van der Waals surface area contributed by atoms with E-state index in [-0.39, 0.29) is 40.5 Å². The van der Waals surface area contributed by atoms with E-state index >= 15 is 0 Å². The predicted octanol–water partition coefficient (Wildman–Crippen LogP) is 0.154. The van der Waals surface area contributed by atoms with Crippen molar-refractivity contribution < 1.29 is 38.4 Å². The summed E-state index contributed by atoms with van der Waals surface area (Å²) >= 11 is 3.84. The Balaban J connectivity index is 1.30. The summed E-state index contributed by atoms with van der Waals surface area (Å²) in [5, 5.41) is 20.5. The molecule has 17 heteroatoms. The van der Waals surface area contributed by atoms with Crippen LogP contribution in [0.4, 0.5) is 5.13 Å². The first kappa shape index (κ1) is 31.3. The molecule has 1 saturated heterocycles. The minimum Gasteiger partial charge on any atom is -0.543 e. The minimum absolute atomic E-state index is 0.0331. The summed E-state index contributed by atoms with van der Waals surface area (Å²) in [7, 11) is 1.27. The van der Waals surface area contributed by atoms with Gasteiger partial charge in [-0.15, -0.1) is 23.1 Å². The number of hydrogen-bond donors (Lipinski definition) is 2. The van der Waals surface area contributed by atoms with Gasteiger partial charge in [0, 0.05) is 23.0 Å².